The van der Waals surface area contributed by atoms with Gasteiger partial charge in [0.2, 0.25) is 0 Å². The van der Waals surface area contributed by atoms with Crippen LogP contribution in [0.25, 0.3) is 0 Å². The van der Waals surface area contributed by atoms with Gasteiger partial charge in [-0.1, -0.05) is 36.2 Å². The van der Waals surface area contributed by atoms with Crippen LogP contribution in [0.2, 0.25) is 10.0 Å². The fraction of sp³-hybridized carbons (Fsp3) is 0.455. The Kier molecular flexibility index (Phi) is 4.56. The third-order valence-electron chi connectivity index (χ3n) is 2.37. The van der Waals surface area contributed by atoms with E-state index in [0.717, 1.165) is 12.0 Å². The predicted octanol–water partition coefficient (Wildman–Crippen LogP) is 5.11. The van der Waals surface area contributed by atoms with Crippen molar-refractivity contribution in [1.29, 1.82) is 0 Å². The summed E-state index contributed by atoms with van der Waals surface area (Å²) in [7, 11) is 0. The summed E-state index contributed by atoms with van der Waals surface area (Å²) in [4.78, 5) is 0. The predicted molar refractivity (Wildman–Crippen MR) is 64.8 cm³/mol. The molecular formula is C11H13Cl3. The van der Waals surface area contributed by atoms with Crippen molar-refractivity contribution in [3.63, 3.8) is 0 Å². The van der Waals surface area contributed by atoms with E-state index in [1.54, 1.807) is 0 Å². The highest BCUT2D eigenvalue weighted by molar-refractivity contribution is 6.42. The Morgan fingerprint density at radius 3 is 2.29 bits per heavy atom. The van der Waals surface area contributed by atoms with Gasteiger partial charge in [-0.3, -0.25) is 0 Å². The summed E-state index contributed by atoms with van der Waals surface area (Å²) in [6.07, 6.45) is 1.00. The van der Waals surface area contributed by atoms with Gasteiger partial charge in [-0.2, -0.15) is 0 Å². The van der Waals surface area contributed by atoms with E-state index in [4.69, 9.17) is 34.8 Å². The van der Waals surface area contributed by atoms with E-state index < -0.39 is 0 Å². The van der Waals surface area contributed by atoms with E-state index in [-0.39, 0.29) is 5.38 Å². The molecule has 0 heterocycles. The maximum atomic E-state index is 6.09. The Hall–Kier alpha value is 0.0900. The number of alkyl halides is 1. The second-order valence-electron chi connectivity index (χ2n) is 3.37. The van der Waals surface area contributed by atoms with Gasteiger partial charge in [0, 0.05) is 5.38 Å². The molecule has 0 spiro atoms. The van der Waals surface area contributed by atoms with Crippen molar-refractivity contribution in [2.75, 3.05) is 0 Å². The normalized spacial score (nSPS) is 15.2. The van der Waals surface area contributed by atoms with Crippen LogP contribution in [0.15, 0.2) is 18.2 Å². The lowest BCUT2D eigenvalue weighted by Crippen LogP contribution is -2.08. The number of rotatable bonds is 3. The molecule has 1 aromatic rings. The summed E-state index contributed by atoms with van der Waals surface area (Å²) in [5.41, 5.74) is 1.16. The largest absolute Gasteiger partial charge is 0.123 e. The third-order valence-corrected chi connectivity index (χ3v) is 3.41. The van der Waals surface area contributed by atoms with Gasteiger partial charge in [0.15, 0.2) is 0 Å². The molecule has 0 nitrogen and oxygen atoms in total. The average molecular weight is 252 g/mol. The molecule has 0 aliphatic carbocycles. The lowest BCUT2D eigenvalue weighted by Gasteiger charge is -2.18. The van der Waals surface area contributed by atoms with Gasteiger partial charge in [0.1, 0.15) is 0 Å². The second kappa shape index (κ2) is 5.25. The Morgan fingerprint density at radius 2 is 1.86 bits per heavy atom. The van der Waals surface area contributed by atoms with Crippen LogP contribution in [0.3, 0.4) is 0 Å². The molecule has 0 aliphatic rings. The van der Waals surface area contributed by atoms with E-state index in [9.17, 15) is 0 Å². The van der Waals surface area contributed by atoms with Crippen LogP contribution in [0.4, 0.5) is 0 Å². The molecule has 14 heavy (non-hydrogen) atoms. The minimum atomic E-state index is 0.109. The zero-order valence-corrected chi connectivity index (χ0v) is 10.5. The molecule has 78 valence electrons. The van der Waals surface area contributed by atoms with E-state index in [0.29, 0.717) is 16.0 Å². The van der Waals surface area contributed by atoms with Crippen LogP contribution < -0.4 is 0 Å². The molecule has 1 aromatic carbocycles. The number of halogens is 3. The molecule has 2 unspecified atom stereocenters. The van der Waals surface area contributed by atoms with Crippen molar-refractivity contribution in [3.8, 4) is 0 Å². The summed E-state index contributed by atoms with van der Waals surface area (Å²) in [6.45, 7) is 4.12. The van der Waals surface area contributed by atoms with Crippen molar-refractivity contribution in [2.45, 2.75) is 31.6 Å². The SMILES string of the molecule is CCC(c1ccc(Cl)c(Cl)c1)C(C)Cl. The van der Waals surface area contributed by atoms with Crippen LogP contribution in [-0.4, -0.2) is 5.38 Å². The highest BCUT2D eigenvalue weighted by atomic mass is 35.5. The van der Waals surface area contributed by atoms with Crippen LogP contribution in [0.5, 0.6) is 0 Å². The van der Waals surface area contributed by atoms with E-state index >= 15 is 0 Å². The van der Waals surface area contributed by atoms with Crippen LogP contribution in [0, 0.1) is 0 Å². The van der Waals surface area contributed by atoms with Crippen molar-refractivity contribution in [2.24, 2.45) is 0 Å². The molecule has 0 saturated carbocycles. The van der Waals surface area contributed by atoms with Crippen molar-refractivity contribution in [3.05, 3.63) is 33.8 Å². The lowest BCUT2D eigenvalue weighted by molar-refractivity contribution is 0.649. The summed E-state index contributed by atoms with van der Waals surface area (Å²) < 4.78 is 0. The third kappa shape index (κ3) is 2.79. The number of hydrogen-bond acceptors (Lipinski definition) is 0. The Balaban J connectivity index is 3.00. The first-order valence-electron chi connectivity index (χ1n) is 4.65. The van der Waals surface area contributed by atoms with E-state index in [1.165, 1.54) is 0 Å². The summed E-state index contributed by atoms with van der Waals surface area (Å²) in [5, 5.41) is 1.30. The van der Waals surface area contributed by atoms with Gasteiger partial charge >= 0.3 is 0 Å². The molecule has 0 saturated heterocycles. The summed E-state index contributed by atoms with van der Waals surface area (Å²) in [6, 6.07) is 5.71. The first kappa shape index (κ1) is 12.2. The first-order valence-corrected chi connectivity index (χ1v) is 5.84. The minimum absolute atomic E-state index is 0.109. The molecule has 2 atom stereocenters. The quantitative estimate of drug-likeness (QED) is 0.655. The van der Waals surface area contributed by atoms with Gasteiger partial charge in [-0.25, -0.2) is 0 Å². The molecule has 0 bridgehead atoms. The number of hydrogen-bond donors (Lipinski definition) is 0. The summed E-state index contributed by atoms with van der Waals surface area (Å²) >= 11 is 17.9. The van der Waals surface area contributed by atoms with E-state index in [1.807, 2.05) is 25.1 Å². The van der Waals surface area contributed by atoms with Gasteiger partial charge in [-0.05, 0) is 37.0 Å². The first-order chi connectivity index (χ1) is 6.56. The smallest absolute Gasteiger partial charge is 0.0595 e. The topological polar surface area (TPSA) is 0 Å². The number of benzene rings is 1. The monoisotopic (exact) mass is 250 g/mol. The Morgan fingerprint density at radius 1 is 1.21 bits per heavy atom. The van der Waals surface area contributed by atoms with E-state index in [2.05, 4.69) is 6.92 Å². The zero-order chi connectivity index (χ0) is 10.7. The molecule has 0 aromatic heterocycles. The standard InChI is InChI=1S/C11H13Cl3/c1-3-9(7(2)12)8-4-5-10(13)11(14)6-8/h4-7,9H,3H2,1-2H3. The molecular weight excluding hydrogens is 238 g/mol. The fourth-order valence-corrected chi connectivity index (χ4v) is 2.20. The van der Waals surface area contributed by atoms with Crippen LogP contribution in [0.1, 0.15) is 31.7 Å². The fourth-order valence-electron chi connectivity index (χ4n) is 1.57. The summed E-state index contributed by atoms with van der Waals surface area (Å²) in [5.74, 6) is 0.339. The molecule has 0 N–H and O–H groups in total. The molecule has 0 fully saturated rings. The van der Waals surface area contributed by atoms with Gasteiger partial charge in [-0.15, -0.1) is 11.6 Å². The Labute approximate surface area is 100 Å². The molecule has 1 rings (SSSR count). The van der Waals surface area contributed by atoms with Crippen LogP contribution >= 0.6 is 34.8 Å². The average Bonchev–Trinajstić information content (AvgIpc) is 2.11. The zero-order valence-electron chi connectivity index (χ0n) is 8.23. The van der Waals surface area contributed by atoms with Gasteiger partial charge < -0.3 is 0 Å². The molecule has 0 aliphatic heterocycles. The lowest BCUT2D eigenvalue weighted by atomic mass is 9.94. The molecule has 0 radical (unpaired) electrons. The maximum Gasteiger partial charge on any atom is 0.0595 e. The van der Waals surface area contributed by atoms with Crippen molar-refractivity contribution in [1.82, 2.24) is 0 Å². The van der Waals surface area contributed by atoms with Crippen molar-refractivity contribution < 1.29 is 0 Å². The highest BCUT2D eigenvalue weighted by Gasteiger charge is 2.15. The Bertz CT molecular complexity index is 307. The maximum absolute atomic E-state index is 6.09. The molecule has 3 heteroatoms. The van der Waals surface area contributed by atoms with Crippen molar-refractivity contribution >= 4 is 34.8 Å². The van der Waals surface area contributed by atoms with Crippen LogP contribution in [-0.2, 0) is 0 Å². The van der Waals surface area contributed by atoms with Gasteiger partial charge in [0.05, 0.1) is 10.0 Å². The second-order valence-corrected chi connectivity index (χ2v) is 4.87. The highest BCUT2D eigenvalue weighted by Crippen LogP contribution is 2.31. The minimum Gasteiger partial charge on any atom is -0.123 e. The molecule has 0 amide bonds. The van der Waals surface area contributed by atoms with Gasteiger partial charge in [0.25, 0.3) is 0 Å².